The highest BCUT2D eigenvalue weighted by atomic mass is 16.5. The van der Waals surface area contributed by atoms with E-state index in [-0.39, 0.29) is 0 Å². The zero-order chi connectivity index (χ0) is 18.3. The molecule has 0 saturated carbocycles. The Balaban J connectivity index is 2.23. The third kappa shape index (κ3) is 2.19. The molecule has 0 atom stereocenters. The number of H-pyrrole nitrogens is 2. The molecule has 0 saturated heterocycles. The summed E-state index contributed by atoms with van der Waals surface area (Å²) < 4.78 is 22.6. The number of hydrogen-bond donors (Lipinski definition) is 2. The van der Waals surface area contributed by atoms with Gasteiger partial charge >= 0.3 is 0 Å². The Morgan fingerprint density at radius 3 is 2.04 bits per heavy atom. The van der Waals surface area contributed by atoms with Crippen LogP contribution in [-0.4, -0.2) is 38.4 Å². The van der Waals surface area contributed by atoms with Crippen LogP contribution < -0.4 is 18.9 Å². The highest BCUT2D eigenvalue weighted by Gasteiger charge is 2.25. The van der Waals surface area contributed by atoms with Crippen LogP contribution >= 0.6 is 0 Å². The van der Waals surface area contributed by atoms with Gasteiger partial charge in [-0.1, -0.05) is 0 Å². The van der Waals surface area contributed by atoms with Crippen molar-refractivity contribution in [1.82, 2.24) is 9.97 Å². The van der Waals surface area contributed by atoms with Crippen molar-refractivity contribution < 1.29 is 18.9 Å². The molecule has 4 rings (SSSR count). The number of ether oxygens (including phenoxy) is 4. The SMILES string of the molecule is COc1cc2[nH]ccc2c(-c2c(OC)c(OC)cc3cc[nH]c23)c1OC. The molecule has 2 aromatic carbocycles. The summed E-state index contributed by atoms with van der Waals surface area (Å²) >= 11 is 0. The molecule has 0 spiro atoms. The van der Waals surface area contributed by atoms with Gasteiger partial charge in [0.15, 0.2) is 23.0 Å². The third-order valence-electron chi connectivity index (χ3n) is 4.64. The Bertz CT molecular complexity index is 1010. The number of nitrogens with one attached hydrogen (secondary N) is 2. The summed E-state index contributed by atoms with van der Waals surface area (Å²) in [5, 5.41) is 2.02. The van der Waals surface area contributed by atoms with E-state index in [9.17, 15) is 0 Å². The summed E-state index contributed by atoms with van der Waals surface area (Å²) in [5.74, 6) is 2.57. The van der Waals surface area contributed by atoms with Crippen molar-refractivity contribution in [2.75, 3.05) is 28.4 Å². The molecule has 0 fully saturated rings. The Kier molecular flexibility index (Phi) is 3.88. The third-order valence-corrected chi connectivity index (χ3v) is 4.64. The zero-order valence-electron chi connectivity index (χ0n) is 15.1. The molecule has 0 radical (unpaired) electrons. The highest BCUT2D eigenvalue weighted by Crippen LogP contribution is 2.51. The lowest BCUT2D eigenvalue weighted by atomic mass is 9.96. The molecule has 6 heteroatoms. The number of aromatic nitrogens is 2. The van der Waals surface area contributed by atoms with Gasteiger partial charge in [-0.25, -0.2) is 0 Å². The zero-order valence-corrected chi connectivity index (χ0v) is 15.1. The van der Waals surface area contributed by atoms with Gasteiger partial charge in [0.1, 0.15) is 0 Å². The summed E-state index contributed by atoms with van der Waals surface area (Å²) in [5.41, 5.74) is 3.64. The van der Waals surface area contributed by atoms with Gasteiger partial charge in [-0.15, -0.1) is 0 Å². The minimum atomic E-state index is 0.636. The molecular weight excluding hydrogens is 332 g/mol. The van der Waals surface area contributed by atoms with E-state index in [0.717, 1.165) is 32.9 Å². The molecule has 0 aliphatic carbocycles. The van der Waals surface area contributed by atoms with Crippen molar-refractivity contribution in [3.63, 3.8) is 0 Å². The second-order valence-corrected chi connectivity index (χ2v) is 5.85. The lowest BCUT2D eigenvalue weighted by molar-refractivity contribution is 0.353. The standard InChI is InChI=1S/C20H20N2O4/c1-23-14-9-11-5-7-22-18(11)17(20(14)26-4)16-12-6-8-21-13(12)10-15(24-2)19(16)25-3/h5-10,21-22H,1-4H3. The summed E-state index contributed by atoms with van der Waals surface area (Å²) in [6.07, 6.45) is 3.79. The molecule has 2 heterocycles. The van der Waals surface area contributed by atoms with E-state index >= 15 is 0 Å². The van der Waals surface area contributed by atoms with E-state index in [1.807, 2.05) is 36.7 Å². The van der Waals surface area contributed by atoms with Crippen molar-refractivity contribution in [3.05, 3.63) is 36.7 Å². The molecule has 2 N–H and O–H groups in total. The monoisotopic (exact) mass is 352 g/mol. The van der Waals surface area contributed by atoms with Gasteiger partial charge < -0.3 is 28.9 Å². The fourth-order valence-corrected chi connectivity index (χ4v) is 3.52. The number of methoxy groups -OCH3 is 4. The lowest BCUT2D eigenvalue weighted by Crippen LogP contribution is -1.98. The molecule has 0 aliphatic heterocycles. The summed E-state index contributed by atoms with van der Waals surface area (Å²) in [6, 6.07) is 7.90. The number of fused-ring (bicyclic) bond motifs is 2. The van der Waals surface area contributed by atoms with Crippen molar-refractivity contribution in [3.8, 4) is 34.1 Å². The number of hydrogen-bond acceptors (Lipinski definition) is 4. The summed E-state index contributed by atoms with van der Waals surface area (Å²) in [4.78, 5) is 6.56. The number of rotatable bonds is 5. The van der Waals surface area contributed by atoms with Crippen molar-refractivity contribution >= 4 is 21.8 Å². The maximum atomic E-state index is 5.75. The minimum Gasteiger partial charge on any atom is -0.493 e. The van der Waals surface area contributed by atoms with Gasteiger partial charge in [-0.3, -0.25) is 0 Å². The Morgan fingerprint density at radius 1 is 0.692 bits per heavy atom. The Morgan fingerprint density at radius 2 is 1.35 bits per heavy atom. The van der Waals surface area contributed by atoms with Crippen LogP contribution in [0.4, 0.5) is 0 Å². The first-order chi connectivity index (χ1) is 12.7. The van der Waals surface area contributed by atoms with Gasteiger partial charge in [0.05, 0.1) is 39.5 Å². The first-order valence-electron chi connectivity index (χ1n) is 8.18. The van der Waals surface area contributed by atoms with Gasteiger partial charge in [0.25, 0.3) is 0 Å². The van der Waals surface area contributed by atoms with Gasteiger partial charge in [0.2, 0.25) is 0 Å². The molecule has 0 unspecified atom stereocenters. The van der Waals surface area contributed by atoms with Gasteiger partial charge in [-0.05, 0) is 18.2 Å². The van der Waals surface area contributed by atoms with Crippen LogP contribution in [0.25, 0.3) is 32.9 Å². The van der Waals surface area contributed by atoms with E-state index in [1.54, 1.807) is 28.4 Å². The summed E-state index contributed by atoms with van der Waals surface area (Å²) in [7, 11) is 6.54. The van der Waals surface area contributed by atoms with Crippen LogP contribution in [0, 0.1) is 0 Å². The molecule has 2 aromatic heterocycles. The Hall–Kier alpha value is -3.28. The maximum absolute atomic E-state index is 5.75. The van der Waals surface area contributed by atoms with E-state index in [1.165, 1.54) is 0 Å². The molecule has 26 heavy (non-hydrogen) atoms. The van der Waals surface area contributed by atoms with Crippen molar-refractivity contribution in [2.24, 2.45) is 0 Å². The largest absolute Gasteiger partial charge is 0.493 e. The average Bonchev–Trinajstić information content (AvgIpc) is 3.33. The fraction of sp³-hybridized carbons (Fsp3) is 0.200. The van der Waals surface area contributed by atoms with Crippen LogP contribution in [0.3, 0.4) is 0 Å². The molecule has 0 aliphatic rings. The molecule has 0 amide bonds. The van der Waals surface area contributed by atoms with E-state index in [4.69, 9.17) is 18.9 Å². The second kappa shape index (κ2) is 6.22. The molecule has 134 valence electrons. The predicted molar refractivity (Wildman–Crippen MR) is 102 cm³/mol. The normalized spacial score (nSPS) is 11.1. The van der Waals surface area contributed by atoms with Crippen LogP contribution in [0.5, 0.6) is 23.0 Å². The Labute approximate surface area is 150 Å². The summed E-state index contributed by atoms with van der Waals surface area (Å²) in [6.45, 7) is 0. The van der Waals surface area contributed by atoms with Gasteiger partial charge in [0, 0.05) is 40.3 Å². The number of aromatic amines is 2. The first kappa shape index (κ1) is 16.2. The topological polar surface area (TPSA) is 68.5 Å². The predicted octanol–water partition coefficient (Wildman–Crippen LogP) is 4.35. The molecular formula is C20H20N2O4. The molecule has 6 nitrogen and oxygen atoms in total. The first-order valence-corrected chi connectivity index (χ1v) is 8.18. The van der Waals surface area contributed by atoms with Gasteiger partial charge in [-0.2, -0.15) is 0 Å². The fourth-order valence-electron chi connectivity index (χ4n) is 3.52. The molecule has 4 aromatic rings. The molecule has 0 bridgehead atoms. The van der Waals surface area contributed by atoms with Crippen molar-refractivity contribution in [1.29, 1.82) is 0 Å². The quantitative estimate of drug-likeness (QED) is 0.560. The van der Waals surface area contributed by atoms with E-state index in [2.05, 4.69) is 9.97 Å². The maximum Gasteiger partial charge on any atom is 0.170 e. The van der Waals surface area contributed by atoms with E-state index < -0.39 is 0 Å². The van der Waals surface area contributed by atoms with E-state index in [0.29, 0.717) is 23.0 Å². The minimum absolute atomic E-state index is 0.636. The lowest BCUT2D eigenvalue weighted by Gasteiger charge is -2.19. The van der Waals surface area contributed by atoms with Crippen LogP contribution in [-0.2, 0) is 0 Å². The second-order valence-electron chi connectivity index (χ2n) is 5.85. The van der Waals surface area contributed by atoms with Crippen LogP contribution in [0.2, 0.25) is 0 Å². The smallest absolute Gasteiger partial charge is 0.170 e. The van der Waals surface area contributed by atoms with Crippen LogP contribution in [0.15, 0.2) is 36.7 Å². The average molecular weight is 352 g/mol. The van der Waals surface area contributed by atoms with Crippen molar-refractivity contribution in [2.45, 2.75) is 0 Å². The van der Waals surface area contributed by atoms with Crippen LogP contribution in [0.1, 0.15) is 0 Å². The number of benzene rings is 2. The highest BCUT2D eigenvalue weighted by molar-refractivity contribution is 6.10.